The zero-order chi connectivity index (χ0) is 15.3. The quantitative estimate of drug-likeness (QED) is 0.843. The van der Waals surface area contributed by atoms with Crippen molar-refractivity contribution in [1.29, 1.82) is 0 Å². The summed E-state index contributed by atoms with van der Waals surface area (Å²) in [7, 11) is 0. The van der Waals surface area contributed by atoms with Crippen LogP contribution in [0.4, 0.5) is 18.9 Å². The van der Waals surface area contributed by atoms with E-state index in [9.17, 15) is 18.0 Å². The zero-order valence-corrected chi connectivity index (χ0v) is 12.5. The van der Waals surface area contributed by atoms with Gasteiger partial charge >= 0.3 is 6.18 Å². The molecule has 3 nitrogen and oxygen atoms in total. The molecule has 0 aliphatic rings. The Morgan fingerprint density at radius 2 is 2.05 bits per heavy atom. The van der Waals surface area contributed by atoms with Crippen LogP contribution in [0, 0.1) is 0 Å². The van der Waals surface area contributed by atoms with Gasteiger partial charge in [-0.3, -0.25) is 4.79 Å². The highest BCUT2D eigenvalue weighted by Crippen LogP contribution is 2.33. The van der Waals surface area contributed by atoms with E-state index in [1.807, 2.05) is 6.92 Å². The van der Waals surface area contributed by atoms with Crippen molar-refractivity contribution in [3.63, 3.8) is 0 Å². The second-order valence-corrected chi connectivity index (χ2v) is 5.38. The van der Waals surface area contributed by atoms with Gasteiger partial charge in [0.1, 0.15) is 0 Å². The molecule has 7 heteroatoms. The number of rotatable bonds is 5. The van der Waals surface area contributed by atoms with Crippen LogP contribution in [-0.2, 0) is 11.0 Å². The Morgan fingerprint density at radius 3 is 2.60 bits per heavy atom. The number of hydrogen-bond donors (Lipinski definition) is 2. The lowest BCUT2D eigenvalue weighted by molar-refractivity contribution is -0.137. The molecule has 0 saturated heterocycles. The maximum Gasteiger partial charge on any atom is 0.416 e. The molecule has 0 spiro atoms. The smallest absolute Gasteiger partial charge is 0.325 e. The summed E-state index contributed by atoms with van der Waals surface area (Å²) in [6.45, 7) is 1.97. The van der Waals surface area contributed by atoms with Crippen LogP contribution in [0.3, 0.4) is 0 Å². The van der Waals surface area contributed by atoms with Crippen LogP contribution >= 0.6 is 15.9 Å². The third-order valence-electron chi connectivity index (χ3n) is 2.70. The first-order chi connectivity index (χ1) is 9.24. The second-order valence-electron chi connectivity index (χ2n) is 4.46. The number of hydrogen-bond acceptors (Lipinski definition) is 2. The molecular weight excluding hydrogens is 337 g/mol. The van der Waals surface area contributed by atoms with Crippen LogP contribution in [0.1, 0.15) is 31.7 Å². The number of amides is 1. The van der Waals surface area contributed by atoms with E-state index >= 15 is 0 Å². The fourth-order valence-corrected chi connectivity index (χ4v) is 2.11. The Bertz CT molecular complexity index is 477. The minimum absolute atomic E-state index is 0.0728. The molecule has 3 N–H and O–H groups in total. The predicted octanol–water partition coefficient (Wildman–Crippen LogP) is 3.92. The van der Waals surface area contributed by atoms with Crippen molar-refractivity contribution in [2.75, 3.05) is 5.32 Å². The Balaban J connectivity index is 2.82. The Kier molecular flexibility index (Phi) is 6.01. The topological polar surface area (TPSA) is 55.1 Å². The third-order valence-corrected chi connectivity index (χ3v) is 3.16. The van der Waals surface area contributed by atoms with E-state index in [0.29, 0.717) is 6.42 Å². The van der Waals surface area contributed by atoms with Crippen molar-refractivity contribution >= 4 is 27.5 Å². The van der Waals surface area contributed by atoms with Crippen LogP contribution in [0.2, 0.25) is 0 Å². The highest BCUT2D eigenvalue weighted by molar-refractivity contribution is 9.10. The van der Waals surface area contributed by atoms with E-state index in [4.69, 9.17) is 5.73 Å². The predicted molar refractivity (Wildman–Crippen MR) is 75.3 cm³/mol. The average Bonchev–Trinajstić information content (AvgIpc) is 2.34. The fraction of sp³-hybridized carbons (Fsp3) is 0.462. The summed E-state index contributed by atoms with van der Waals surface area (Å²) in [5.74, 6) is -0.482. The van der Waals surface area contributed by atoms with Gasteiger partial charge in [0.15, 0.2) is 0 Å². The van der Waals surface area contributed by atoms with E-state index in [1.165, 1.54) is 6.07 Å². The molecule has 1 amide bonds. The molecule has 0 saturated carbocycles. The third kappa shape index (κ3) is 5.13. The molecule has 0 heterocycles. The molecule has 112 valence electrons. The number of nitrogens with one attached hydrogen (secondary N) is 1. The van der Waals surface area contributed by atoms with E-state index < -0.39 is 23.7 Å². The highest BCUT2D eigenvalue weighted by atomic mass is 79.9. The highest BCUT2D eigenvalue weighted by Gasteiger charge is 2.31. The normalized spacial score (nSPS) is 13.1. The van der Waals surface area contributed by atoms with E-state index in [2.05, 4.69) is 21.2 Å². The van der Waals surface area contributed by atoms with Gasteiger partial charge in [0.05, 0.1) is 11.6 Å². The number of anilines is 1. The molecule has 0 fully saturated rings. The van der Waals surface area contributed by atoms with Gasteiger partial charge in [-0.15, -0.1) is 0 Å². The molecule has 1 aromatic carbocycles. The minimum atomic E-state index is -4.46. The molecule has 0 bridgehead atoms. The lowest BCUT2D eigenvalue weighted by Gasteiger charge is -2.14. The van der Waals surface area contributed by atoms with Crippen molar-refractivity contribution in [2.24, 2.45) is 5.73 Å². The first-order valence-corrected chi connectivity index (χ1v) is 6.97. The summed E-state index contributed by atoms with van der Waals surface area (Å²) >= 11 is 2.99. The van der Waals surface area contributed by atoms with Crippen molar-refractivity contribution in [3.8, 4) is 0 Å². The zero-order valence-electron chi connectivity index (χ0n) is 10.9. The Labute approximate surface area is 123 Å². The number of unbranched alkanes of at least 4 members (excludes halogenated alkanes) is 1. The van der Waals surface area contributed by atoms with Crippen molar-refractivity contribution in [2.45, 2.75) is 38.4 Å². The summed E-state index contributed by atoms with van der Waals surface area (Å²) in [4.78, 5) is 11.8. The van der Waals surface area contributed by atoms with Crippen molar-refractivity contribution in [3.05, 3.63) is 28.2 Å². The molecule has 1 atom stereocenters. The molecule has 20 heavy (non-hydrogen) atoms. The van der Waals surface area contributed by atoms with Crippen LogP contribution in [0.5, 0.6) is 0 Å². The lowest BCUT2D eigenvalue weighted by atomic mass is 10.1. The van der Waals surface area contributed by atoms with E-state index in [-0.39, 0.29) is 10.2 Å². The summed E-state index contributed by atoms with van der Waals surface area (Å²) in [5, 5.41) is 2.41. The maximum absolute atomic E-state index is 12.7. The van der Waals surface area contributed by atoms with E-state index in [1.54, 1.807) is 0 Å². The Morgan fingerprint density at radius 1 is 1.40 bits per heavy atom. The summed E-state index contributed by atoms with van der Waals surface area (Å²) in [6.07, 6.45) is -2.27. The number of nitrogens with two attached hydrogens (primary N) is 1. The minimum Gasteiger partial charge on any atom is -0.325 e. The average molecular weight is 353 g/mol. The van der Waals surface area contributed by atoms with Crippen LogP contribution < -0.4 is 11.1 Å². The number of alkyl halides is 3. The number of halogens is 4. The molecule has 0 aliphatic carbocycles. The van der Waals surface area contributed by atoms with Gasteiger partial charge in [0.25, 0.3) is 0 Å². The fourth-order valence-electron chi connectivity index (χ4n) is 1.62. The standard InChI is InChI=1S/C13H16BrF3N2O/c1-2-3-4-11(18)12(20)19-10-6-8(13(15,16)17)5-9(14)7-10/h5-7,11H,2-4,18H2,1H3,(H,19,20)/t11-/m0/s1. The second kappa shape index (κ2) is 7.08. The van der Waals surface area contributed by atoms with Gasteiger partial charge in [-0.25, -0.2) is 0 Å². The van der Waals surface area contributed by atoms with Gasteiger partial charge in [-0.05, 0) is 24.6 Å². The summed E-state index contributed by atoms with van der Waals surface area (Å²) in [5.41, 5.74) is 4.91. The summed E-state index contributed by atoms with van der Waals surface area (Å²) < 4.78 is 38.2. The first-order valence-electron chi connectivity index (χ1n) is 6.18. The molecule has 1 aromatic rings. The van der Waals surface area contributed by atoms with Crippen molar-refractivity contribution < 1.29 is 18.0 Å². The largest absolute Gasteiger partial charge is 0.416 e. The number of benzene rings is 1. The van der Waals surface area contributed by atoms with Crippen molar-refractivity contribution in [1.82, 2.24) is 0 Å². The SMILES string of the molecule is CCCC[C@H](N)C(=O)Nc1cc(Br)cc(C(F)(F)F)c1. The van der Waals surface area contributed by atoms with Gasteiger partial charge in [-0.2, -0.15) is 13.2 Å². The molecule has 0 aromatic heterocycles. The monoisotopic (exact) mass is 352 g/mol. The number of carbonyl (C=O) groups excluding carboxylic acids is 1. The Hall–Kier alpha value is -1.08. The van der Waals surface area contributed by atoms with Crippen LogP contribution in [0.25, 0.3) is 0 Å². The maximum atomic E-state index is 12.7. The molecule has 0 radical (unpaired) electrons. The van der Waals surface area contributed by atoms with Crippen LogP contribution in [-0.4, -0.2) is 11.9 Å². The number of carbonyl (C=O) groups is 1. The van der Waals surface area contributed by atoms with E-state index in [0.717, 1.165) is 25.0 Å². The van der Waals surface area contributed by atoms with Crippen LogP contribution in [0.15, 0.2) is 22.7 Å². The lowest BCUT2D eigenvalue weighted by Crippen LogP contribution is -2.35. The molecule has 0 unspecified atom stereocenters. The van der Waals surface area contributed by atoms with Gasteiger partial charge < -0.3 is 11.1 Å². The van der Waals surface area contributed by atoms with Gasteiger partial charge in [-0.1, -0.05) is 35.7 Å². The summed E-state index contributed by atoms with van der Waals surface area (Å²) in [6, 6.07) is 2.52. The first kappa shape index (κ1) is 17.0. The van der Waals surface area contributed by atoms with Gasteiger partial charge in [0.2, 0.25) is 5.91 Å². The molecule has 1 rings (SSSR count). The molecular formula is C13H16BrF3N2O. The van der Waals surface area contributed by atoms with Gasteiger partial charge in [0, 0.05) is 10.2 Å². The molecule has 0 aliphatic heterocycles.